The molecule has 3 aliphatic rings. The van der Waals surface area contributed by atoms with Crippen LogP contribution in [0.15, 0.2) is 24.3 Å². The van der Waals surface area contributed by atoms with Crippen molar-refractivity contribution in [2.24, 2.45) is 5.73 Å². The number of nitrogens with one attached hydrogen (secondary N) is 1. The third-order valence-electron chi connectivity index (χ3n) is 5.87. The van der Waals surface area contributed by atoms with E-state index in [1.165, 1.54) is 24.8 Å². The first-order valence-corrected chi connectivity index (χ1v) is 9.18. The molecule has 1 atom stereocenters. The summed E-state index contributed by atoms with van der Waals surface area (Å²) in [6.07, 6.45) is 6.85. The van der Waals surface area contributed by atoms with Crippen LogP contribution in [0.2, 0.25) is 0 Å². The number of nitrogens with zero attached hydrogens (tertiary/aromatic N) is 1. The molecule has 3 N–H and O–H groups in total. The zero-order valence-corrected chi connectivity index (χ0v) is 14.2. The number of benzene rings is 1. The minimum atomic E-state index is -0.230. The highest BCUT2D eigenvalue weighted by atomic mass is 16.5. The van der Waals surface area contributed by atoms with Crippen molar-refractivity contribution < 1.29 is 9.53 Å². The van der Waals surface area contributed by atoms with Gasteiger partial charge in [0.2, 0.25) is 5.91 Å². The fraction of sp³-hybridized carbons (Fsp3) is 0.632. The number of nitrogens with two attached hydrogens (primary N) is 1. The molecule has 1 aliphatic carbocycles. The van der Waals surface area contributed by atoms with E-state index in [4.69, 9.17) is 10.5 Å². The molecule has 2 aliphatic heterocycles. The Morgan fingerprint density at radius 3 is 2.71 bits per heavy atom. The number of ether oxygens (including phenoxy) is 1. The lowest BCUT2D eigenvalue weighted by Gasteiger charge is -2.49. The molecule has 1 saturated carbocycles. The number of carbonyl (C=O) groups is 1. The molecule has 1 saturated heterocycles. The van der Waals surface area contributed by atoms with Crippen molar-refractivity contribution in [3.8, 4) is 5.75 Å². The molecule has 2 heterocycles. The van der Waals surface area contributed by atoms with Gasteiger partial charge in [0.1, 0.15) is 11.4 Å². The second-order valence-electron chi connectivity index (χ2n) is 7.62. The highest BCUT2D eigenvalue weighted by Crippen LogP contribution is 2.48. The second kappa shape index (κ2) is 6.37. The number of fused-ring (bicyclic) bond motifs is 1. The summed E-state index contributed by atoms with van der Waals surface area (Å²) in [6.45, 7) is 2.27. The van der Waals surface area contributed by atoms with Gasteiger partial charge in [-0.1, -0.05) is 18.2 Å². The summed E-state index contributed by atoms with van der Waals surface area (Å²) in [5.41, 5.74) is 6.67. The second-order valence-corrected chi connectivity index (χ2v) is 7.62. The maximum atomic E-state index is 11.1. The number of likely N-dealkylation sites (tertiary alicyclic amines) is 1. The largest absolute Gasteiger partial charge is 0.487 e. The number of amides is 1. The fourth-order valence-electron chi connectivity index (χ4n) is 4.41. The SMILES string of the molecule is NC(=O)CN1CCC(N[C@@H]2CC3(CCC3)Oc3ccccc32)CC1. The molecular formula is C19H27N3O2. The Labute approximate surface area is 143 Å². The van der Waals surface area contributed by atoms with Gasteiger partial charge in [0.05, 0.1) is 6.54 Å². The van der Waals surface area contributed by atoms with Crippen LogP contribution in [0.5, 0.6) is 5.75 Å². The van der Waals surface area contributed by atoms with E-state index in [9.17, 15) is 4.79 Å². The van der Waals surface area contributed by atoms with E-state index in [1.54, 1.807) is 0 Å². The number of primary amides is 1. The van der Waals surface area contributed by atoms with Crippen LogP contribution < -0.4 is 15.8 Å². The van der Waals surface area contributed by atoms with E-state index in [0.717, 1.165) is 38.1 Å². The van der Waals surface area contributed by atoms with Crippen molar-refractivity contribution in [3.05, 3.63) is 29.8 Å². The summed E-state index contributed by atoms with van der Waals surface area (Å²) in [5.74, 6) is 0.832. The number of para-hydroxylation sites is 1. The zero-order valence-electron chi connectivity index (χ0n) is 14.2. The van der Waals surface area contributed by atoms with Gasteiger partial charge >= 0.3 is 0 Å². The number of rotatable bonds is 4. The summed E-state index contributed by atoms with van der Waals surface area (Å²) in [7, 11) is 0. The number of piperidine rings is 1. The first kappa shape index (κ1) is 15.9. The molecule has 5 nitrogen and oxygen atoms in total. The lowest BCUT2D eigenvalue weighted by atomic mass is 9.72. The predicted octanol–water partition coefficient (Wildman–Crippen LogP) is 1.97. The maximum Gasteiger partial charge on any atom is 0.231 e. The molecule has 2 fully saturated rings. The van der Waals surface area contributed by atoms with Gasteiger partial charge in [-0.15, -0.1) is 0 Å². The van der Waals surface area contributed by atoms with Gasteiger partial charge in [0, 0.05) is 37.2 Å². The van der Waals surface area contributed by atoms with Crippen LogP contribution in [0.4, 0.5) is 0 Å². The van der Waals surface area contributed by atoms with E-state index < -0.39 is 0 Å². The topological polar surface area (TPSA) is 67.6 Å². The van der Waals surface area contributed by atoms with Gasteiger partial charge in [0.25, 0.3) is 0 Å². The third kappa shape index (κ3) is 3.15. The molecule has 0 radical (unpaired) electrons. The van der Waals surface area contributed by atoms with Crippen molar-refractivity contribution in [3.63, 3.8) is 0 Å². The Kier molecular flexibility index (Phi) is 4.22. The standard InChI is InChI=1S/C19H27N3O2/c20-18(23)13-22-10-6-14(7-11-22)21-16-12-19(8-3-9-19)24-17-5-2-1-4-15(16)17/h1-2,4-5,14,16,21H,3,6-13H2,(H2,20,23)/t16-/m1/s1. The smallest absolute Gasteiger partial charge is 0.231 e. The molecule has 4 rings (SSSR count). The summed E-state index contributed by atoms with van der Waals surface area (Å²) in [5, 5.41) is 3.89. The van der Waals surface area contributed by atoms with Crippen LogP contribution in [0.1, 0.15) is 50.1 Å². The van der Waals surface area contributed by atoms with Crippen molar-refractivity contribution in [1.82, 2.24) is 10.2 Å². The molecule has 0 unspecified atom stereocenters. The van der Waals surface area contributed by atoms with E-state index in [-0.39, 0.29) is 11.5 Å². The quantitative estimate of drug-likeness (QED) is 0.886. The van der Waals surface area contributed by atoms with E-state index in [1.807, 2.05) is 0 Å². The molecule has 130 valence electrons. The summed E-state index contributed by atoms with van der Waals surface area (Å²) in [4.78, 5) is 13.2. The molecule has 0 aromatic heterocycles. The number of hydrogen-bond acceptors (Lipinski definition) is 4. The molecule has 1 aromatic carbocycles. The van der Waals surface area contributed by atoms with Crippen LogP contribution in [0.3, 0.4) is 0 Å². The van der Waals surface area contributed by atoms with Crippen LogP contribution in [0.25, 0.3) is 0 Å². The summed E-state index contributed by atoms with van der Waals surface area (Å²) in [6, 6.07) is 9.35. The van der Waals surface area contributed by atoms with Crippen molar-refractivity contribution in [1.29, 1.82) is 0 Å². The molecule has 0 bridgehead atoms. The van der Waals surface area contributed by atoms with Crippen LogP contribution in [-0.2, 0) is 4.79 Å². The highest BCUT2D eigenvalue weighted by Gasteiger charge is 2.45. The number of hydrogen-bond donors (Lipinski definition) is 2. The first-order valence-electron chi connectivity index (χ1n) is 9.18. The van der Waals surface area contributed by atoms with Gasteiger partial charge < -0.3 is 15.8 Å². The summed E-state index contributed by atoms with van der Waals surface area (Å²) < 4.78 is 6.34. The van der Waals surface area contributed by atoms with E-state index in [0.29, 0.717) is 18.6 Å². The van der Waals surface area contributed by atoms with Gasteiger partial charge in [-0.25, -0.2) is 0 Å². The Bertz CT molecular complexity index is 606. The van der Waals surface area contributed by atoms with Crippen molar-refractivity contribution in [2.75, 3.05) is 19.6 Å². The molecule has 1 amide bonds. The van der Waals surface area contributed by atoms with Crippen molar-refractivity contribution >= 4 is 5.91 Å². The average molecular weight is 329 g/mol. The Hall–Kier alpha value is -1.59. The Morgan fingerprint density at radius 1 is 1.29 bits per heavy atom. The van der Waals surface area contributed by atoms with Crippen molar-refractivity contribution in [2.45, 2.75) is 56.2 Å². The van der Waals surface area contributed by atoms with Gasteiger partial charge in [-0.05, 0) is 38.2 Å². The molecule has 24 heavy (non-hydrogen) atoms. The molecule has 1 spiro atoms. The molecule has 5 heteroatoms. The number of carbonyl (C=O) groups excluding carboxylic acids is 1. The fourth-order valence-corrected chi connectivity index (χ4v) is 4.41. The van der Waals surface area contributed by atoms with Gasteiger partial charge in [-0.2, -0.15) is 0 Å². The van der Waals surface area contributed by atoms with E-state index >= 15 is 0 Å². The molecule has 1 aromatic rings. The average Bonchev–Trinajstić information content (AvgIpc) is 2.54. The molecular weight excluding hydrogens is 302 g/mol. The Balaban J connectivity index is 1.42. The zero-order chi connectivity index (χ0) is 16.6. The lowest BCUT2D eigenvalue weighted by molar-refractivity contribution is -0.119. The lowest BCUT2D eigenvalue weighted by Crippen LogP contribution is -2.52. The summed E-state index contributed by atoms with van der Waals surface area (Å²) >= 11 is 0. The van der Waals surface area contributed by atoms with Crippen LogP contribution in [-0.4, -0.2) is 42.1 Å². The maximum absolute atomic E-state index is 11.1. The monoisotopic (exact) mass is 329 g/mol. The van der Waals surface area contributed by atoms with Gasteiger partial charge in [-0.3, -0.25) is 9.69 Å². The highest BCUT2D eigenvalue weighted by molar-refractivity contribution is 5.75. The Morgan fingerprint density at radius 2 is 2.04 bits per heavy atom. The third-order valence-corrected chi connectivity index (χ3v) is 5.87. The predicted molar refractivity (Wildman–Crippen MR) is 92.8 cm³/mol. The first-order chi connectivity index (χ1) is 11.6. The minimum Gasteiger partial charge on any atom is -0.487 e. The van der Waals surface area contributed by atoms with Gasteiger partial charge in [0.15, 0.2) is 0 Å². The minimum absolute atomic E-state index is 0.0681. The van der Waals surface area contributed by atoms with Crippen LogP contribution >= 0.6 is 0 Å². The van der Waals surface area contributed by atoms with Crippen LogP contribution in [0, 0.1) is 0 Å². The van der Waals surface area contributed by atoms with E-state index in [2.05, 4.69) is 34.5 Å². The normalized spacial score (nSPS) is 26.4.